The van der Waals surface area contributed by atoms with Crippen LogP contribution in [0.15, 0.2) is 84.2 Å². The maximum atomic E-state index is 14.6. The second-order valence-electron chi connectivity index (χ2n) is 9.90. The van der Waals surface area contributed by atoms with Crippen LogP contribution in [0.3, 0.4) is 0 Å². The molecule has 1 heterocycles. The molecule has 1 aliphatic rings. The van der Waals surface area contributed by atoms with Crippen LogP contribution in [0.1, 0.15) is 38.1 Å². The zero-order valence-corrected chi connectivity index (χ0v) is 23.9. The molecule has 2 aromatic carbocycles. The highest BCUT2D eigenvalue weighted by atomic mass is 35.5. The first-order valence-electron chi connectivity index (χ1n) is 12.4. The molecule has 0 bridgehead atoms. The van der Waals surface area contributed by atoms with E-state index in [1.54, 1.807) is 48.5 Å². The molecular weight excluding hydrogens is 540 g/mol. The van der Waals surface area contributed by atoms with Crippen molar-refractivity contribution in [3.63, 3.8) is 0 Å². The van der Waals surface area contributed by atoms with Crippen LogP contribution in [0, 0.1) is 17.8 Å². The molecule has 0 aliphatic carbocycles. The lowest BCUT2D eigenvalue weighted by atomic mass is 9.81. The molecule has 39 heavy (non-hydrogen) atoms. The van der Waals surface area contributed by atoms with Gasteiger partial charge in [-0.2, -0.15) is 0 Å². The van der Waals surface area contributed by atoms with E-state index < -0.39 is 17.4 Å². The minimum atomic E-state index is -0.574. The Balaban J connectivity index is 0.000000322. The third-order valence-corrected chi connectivity index (χ3v) is 6.50. The Morgan fingerprint density at radius 3 is 2.38 bits per heavy atom. The molecule has 3 rings (SSSR count). The number of ketones is 1. The number of halogens is 3. The molecular formula is C30H34Cl2FN3O3. The van der Waals surface area contributed by atoms with Gasteiger partial charge in [0.05, 0.1) is 5.92 Å². The van der Waals surface area contributed by atoms with Crippen molar-refractivity contribution in [1.82, 2.24) is 5.32 Å². The van der Waals surface area contributed by atoms with Crippen molar-refractivity contribution in [3.8, 4) is 0 Å². The van der Waals surface area contributed by atoms with Gasteiger partial charge in [0.2, 0.25) is 12.3 Å². The van der Waals surface area contributed by atoms with Gasteiger partial charge in [0, 0.05) is 50.9 Å². The Morgan fingerprint density at radius 1 is 1.15 bits per heavy atom. The Bertz CT molecular complexity index is 1240. The Labute approximate surface area is 239 Å². The van der Waals surface area contributed by atoms with Crippen LogP contribution in [0.2, 0.25) is 5.02 Å². The van der Waals surface area contributed by atoms with Gasteiger partial charge in [0.15, 0.2) is 5.78 Å². The van der Waals surface area contributed by atoms with E-state index in [1.165, 1.54) is 18.2 Å². The van der Waals surface area contributed by atoms with Crippen LogP contribution in [0.25, 0.3) is 0 Å². The van der Waals surface area contributed by atoms with Crippen molar-refractivity contribution >= 4 is 52.7 Å². The molecule has 0 spiro atoms. The second kappa shape index (κ2) is 14.8. The predicted octanol–water partition coefficient (Wildman–Crippen LogP) is 7.15. The molecule has 9 heteroatoms. The molecule has 3 N–H and O–H groups in total. The van der Waals surface area contributed by atoms with Gasteiger partial charge in [-0.05, 0) is 68.5 Å². The number of anilines is 2. The highest BCUT2D eigenvalue weighted by Gasteiger charge is 2.47. The summed E-state index contributed by atoms with van der Waals surface area (Å²) in [6.45, 7) is 11.4. The lowest BCUT2D eigenvalue weighted by molar-refractivity contribution is -0.122. The van der Waals surface area contributed by atoms with E-state index in [9.17, 15) is 18.8 Å². The number of carbonyl (C=O) groups is 3. The first kappa shape index (κ1) is 32.0. The fourth-order valence-electron chi connectivity index (χ4n) is 4.16. The number of amides is 2. The van der Waals surface area contributed by atoms with Gasteiger partial charge in [-0.15, -0.1) is 0 Å². The zero-order chi connectivity index (χ0) is 29.2. The molecule has 1 saturated heterocycles. The van der Waals surface area contributed by atoms with E-state index in [0.717, 1.165) is 0 Å². The molecule has 2 unspecified atom stereocenters. The summed E-state index contributed by atoms with van der Waals surface area (Å²) in [5.41, 5.74) is 1.41. The number of nitrogens with one attached hydrogen (secondary N) is 3. The zero-order valence-electron chi connectivity index (χ0n) is 22.4. The third-order valence-electron chi connectivity index (χ3n) is 6.14. The number of rotatable bonds is 9. The van der Waals surface area contributed by atoms with Crippen molar-refractivity contribution in [2.75, 3.05) is 17.2 Å². The molecule has 1 fully saturated rings. The van der Waals surface area contributed by atoms with E-state index >= 15 is 0 Å². The van der Waals surface area contributed by atoms with Gasteiger partial charge in [-0.3, -0.25) is 14.4 Å². The molecule has 1 aliphatic heterocycles. The van der Waals surface area contributed by atoms with E-state index in [1.807, 2.05) is 27.7 Å². The summed E-state index contributed by atoms with van der Waals surface area (Å²) in [6.07, 6.45) is 4.91. The van der Waals surface area contributed by atoms with Gasteiger partial charge in [0.1, 0.15) is 5.83 Å². The fourth-order valence-corrected chi connectivity index (χ4v) is 4.42. The summed E-state index contributed by atoms with van der Waals surface area (Å²) >= 11 is 11.6. The van der Waals surface area contributed by atoms with E-state index in [4.69, 9.17) is 23.2 Å². The lowest BCUT2D eigenvalue weighted by Gasteiger charge is -2.28. The summed E-state index contributed by atoms with van der Waals surface area (Å²) in [6, 6.07) is 13.7. The maximum Gasteiger partial charge on any atom is 0.230 e. The van der Waals surface area contributed by atoms with Crippen LogP contribution in [0.4, 0.5) is 15.8 Å². The summed E-state index contributed by atoms with van der Waals surface area (Å²) in [5.74, 6) is -1.66. The minimum Gasteiger partial charge on any atom is -0.329 e. The van der Waals surface area contributed by atoms with Crippen LogP contribution in [-0.4, -0.2) is 30.2 Å². The average molecular weight is 575 g/mol. The van der Waals surface area contributed by atoms with Gasteiger partial charge < -0.3 is 16.0 Å². The van der Waals surface area contributed by atoms with E-state index in [0.29, 0.717) is 39.9 Å². The SMILES string of the molecule is C=C(Cl)/C=C\C=C(/F)C1CNC(C)(C)C1C(=O)Nc1cccc(Cl)c1.CC(C)C(=O)c1ccc(NC=O)cc1. The Morgan fingerprint density at radius 2 is 1.82 bits per heavy atom. The summed E-state index contributed by atoms with van der Waals surface area (Å²) in [5, 5.41) is 9.39. The summed E-state index contributed by atoms with van der Waals surface area (Å²) in [7, 11) is 0. The molecule has 0 aromatic heterocycles. The maximum absolute atomic E-state index is 14.6. The standard InChI is InChI=1S/C19H21Cl2FN2O.C11H13NO2/c1-12(20)6-4-9-16(22)15-11-23-19(2,3)17(15)18(25)24-14-8-5-7-13(21)10-14;1-8(2)11(14)9-3-5-10(6-4-9)12-7-13/h4-10,15,17,23H,1,11H2,2-3H3,(H,24,25);3-8H,1-2H3,(H,12,13)/b6-4-,16-9-;. The van der Waals surface area contributed by atoms with Crippen molar-refractivity contribution < 1.29 is 18.8 Å². The molecule has 0 radical (unpaired) electrons. The fraction of sp³-hybridized carbons (Fsp3) is 0.300. The molecule has 208 valence electrons. The Hall–Kier alpha value is -3.26. The molecule has 6 nitrogen and oxygen atoms in total. The highest BCUT2D eigenvalue weighted by Crippen LogP contribution is 2.37. The molecule has 2 amide bonds. The van der Waals surface area contributed by atoms with Gasteiger partial charge >= 0.3 is 0 Å². The second-order valence-corrected chi connectivity index (χ2v) is 10.8. The van der Waals surface area contributed by atoms with Crippen molar-refractivity contribution in [1.29, 1.82) is 0 Å². The highest BCUT2D eigenvalue weighted by molar-refractivity contribution is 6.31. The quantitative estimate of drug-likeness (QED) is 0.169. The number of carbonyl (C=O) groups excluding carboxylic acids is 3. The summed E-state index contributed by atoms with van der Waals surface area (Å²) in [4.78, 5) is 34.4. The van der Waals surface area contributed by atoms with Crippen LogP contribution in [0.5, 0.6) is 0 Å². The van der Waals surface area contributed by atoms with Crippen LogP contribution in [-0.2, 0) is 9.59 Å². The van der Waals surface area contributed by atoms with Gasteiger partial charge in [0.25, 0.3) is 0 Å². The number of allylic oxidation sites excluding steroid dienone is 4. The topological polar surface area (TPSA) is 87.3 Å². The van der Waals surface area contributed by atoms with Crippen LogP contribution < -0.4 is 16.0 Å². The first-order valence-corrected chi connectivity index (χ1v) is 13.2. The summed E-state index contributed by atoms with van der Waals surface area (Å²) < 4.78 is 14.6. The normalized spacial score (nSPS) is 18.3. The van der Waals surface area contributed by atoms with Gasteiger partial charge in [-0.25, -0.2) is 4.39 Å². The third kappa shape index (κ3) is 9.77. The predicted molar refractivity (Wildman–Crippen MR) is 158 cm³/mol. The van der Waals surface area contributed by atoms with E-state index in [-0.39, 0.29) is 23.4 Å². The minimum absolute atomic E-state index is 0.000111. The van der Waals surface area contributed by atoms with Crippen molar-refractivity contribution in [2.45, 2.75) is 33.2 Å². The monoisotopic (exact) mass is 573 g/mol. The smallest absolute Gasteiger partial charge is 0.230 e. The first-order chi connectivity index (χ1) is 18.4. The van der Waals surface area contributed by atoms with E-state index in [2.05, 4.69) is 22.5 Å². The number of Topliss-reactive ketones (excluding diaryl/α,β-unsaturated/α-hetero) is 1. The molecule has 2 aromatic rings. The van der Waals surface area contributed by atoms with Crippen molar-refractivity contribution in [2.24, 2.45) is 17.8 Å². The number of hydrogen-bond acceptors (Lipinski definition) is 4. The van der Waals surface area contributed by atoms with Crippen LogP contribution >= 0.6 is 23.2 Å². The van der Waals surface area contributed by atoms with Crippen molar-refractivity contribution in [3.05, 3.63) is 94.8 Å². The van der Waals surface area contributed by atoms with Gasteiger partial charge in [-0.1, -0.05) is 55.8 Å². The number of hydrogen-bond donors (Lipinski definition) is 3. The lowest BCUT2D eigenvalue weighted by Crippen LogP contribution is -2.44. The molecule has 2 atom stereocenters. The molecule has 0 saturated carbocycles. The average Bonchev–Trinajstić information content (AvgIpc) is 3.19. The largest absolute Gasteiger partial charge is 0.329 e. The number of benzene rings is 2. The Kier molecular flexibility index (Phi) is 12.1.